The van der Waals surface area contributed by atoms with Crippen LogP contribution in [0.3, 0.4) is 0 Å². The fourth-order valence-electron chi connectivity index (χ4n) is 0.730. The third-order valence-electron chi connectivity index (χ3n) is 1.31. The van der Waals surface area contributed by atoms with Gasteiger partial charge in [-0.05, 0) is 24.3 Å². The van der Waals surface area contributed by atoms with E-state index in [4.69, 9.17) is 23.2 Å². The topological polar surface area (TPSA) is 29.1 Å². The van der Waals surface area contributed by atoms with Gasteiger partial charge in [0.05, 0.1) is 0 Å². The second-order valence-electron chi connectivity index (χ2n) is 2.30. The molecule has 1 unspecified atom stereocenters. The molecule has 1 atom stereocenters. The lowest BCUT2D eigenvalue weighted by molar-refractivity contribution is -0.114. The molecular weight excluding hydrogens is 277 g/mol. The van der Waals surface area contributed by atoms with Crippen molar-refractivity contribution in [2.45, 2.75) is 4.29 Å². The lowest BCUT2D eigenvalue weighted by Crippen LogP contribution is -2.17. The van der Waals surface area contributed by atoms with E-state index >= 15 is 0 Å². The maximum atomic E-state index is 11.1. The van der Waals surface area contributed by atoms with Crippen molar-refractivity contribution in [3.63, 3.8) is 0 Å². The van der Waals surface area contributed by atoms with Crippen LogP contribution in [-0.2, 0) is 4.79 Å². The first-order chi connectivity index (χ1) is 6.09. The lowest BCUT2D eigenvalue weighted by atomic mass is 10.3. The molecule has 1 N–H and O–H groups in total. The van der Waals surface area contributed by atoms with Crippen LogP contribution < -0.4 is 5.32 Å². The lowest BCUT2D eigenvalue weighted by Gasteiger charge is -2.04. The summed E-state index contributed by atoms with van der Waals surface area (Å²) in [6.07, 6.45) is 0. The summed E-state index contributed by atoms with van der Waals surface area (Å²) in [6, 6.07) is 6.78. The molecule has 0 heterocycles. The molecule has 0 aliphatic heterocycles. The van der Waals surface area contributed by atoms with Crippen molar-refractivity contribution in [3.8, 4) is 0 Å². The normalized spacial score (nSPS) is 12.2. The third kappa shape index (κ3) is 3.55. The SMILES string of the molecule is O=C(Nc1ccc(Cl)cc1)C(Cl)Br. The van der Waals surface area contributed by atoms with Crippen LogP contribution in [0.4, 0.5) is 5.69 Å². The number of alkyl halides is 2. The quantitative estimate of drug-likeness (QED) is 0.829. The summed E-state index contributed by atoms with van der Waals surface area (Å²) in [4.78, 5) is 11.1. The van der Waals surface area contributed by atoms with Crippen molar-refractivity contribution in [3.05, 3.63) is 29.3 Å². The van der Waals surface area contributed by atoms with Crippen LogP contribution in [0.1, 0.15) is 0 Å². The van der Waals surface area contributed by atoms with Gasteiger partial charge in [-0.2, -0.15) is 0 Å². The van der Waals surface area contributed by atoms with Crippen LogP contribution in [-0.4, -0.2) is 10.2 Å². The van der Waals surface area contributed by atoms with Crippen molar-refractivity contribution in [1.82, 2.24) is 0 Å². The zero-order valence-corrected chi connectivity index (χ0v) is 9.53. The van der Waals surface area contributed by atoms with Gasteiger partial charge in [-0.1, -0.05) is 39.1 Å². The van der Waals surface area contributed by atoms with Crippen molar-refractivity contribution in [2.24, 2.45) is 0 Å². The number of nitrogens with one attached hydrogen (secondary N) is 1. The first-order valence-electron chi connectivity index (χ1n) is 3.44. The molecule has 0 aliphatic rings. The summed E-state index contributed by atoms with van der Waals surface area (Å²) in [5.41, 5.74) is 0.666. The average molecular weight is 283 g/mol. The van der Waals surface area contributed by atoms with E-state index in [0.29, 0.717) is 10.7 Å². The largest absolute Gasteiger partial charge is 0.324 e. The van der Waals surface area contributed by atoms with E-state index in [9.17, 15) is 4.79 Å². The number of hydrogen-bond acceptors (Lipinski definition) is 1. The number of benzene rings is 1. The molecule has 0 spiro atoms. The van der Waals surface area contributed by atoms with E-state index in [0.717, 1.165) is 0 Å². The molecule has 0 fully saturated rings. The molecule has 13 heavy (non-hydrogen) atoms. The Balaban J connectivity index is 2.65. The summed E-state index contributed by atoms with van der Waals surface area (Å²) < 4.78 is -0.719. The minimum absolute atomic E-state index is 0.302. The highest BCUT2D eigenvalue weighted by Crippen LogP contribution is 2.15. The second-order valence-corrected chi connectivity index (χ2v) is 4.61. The van der Waals surface area contributed by atoms with Crippen molar-refractivity contribution < 1.29 is 4.79 Å². The second kappa shape index (κ2) is 4.84. The maximum absolute atomic E-state index is 11.1. The van der Waals surface area contributed by atoms with Crippen molar-refractivity contribution in [1.29, 1.82) is 0 Å². The molecule has 0 bridgehead atoms. The van der Waals surface area contributed by atoms with E-state index in [-0.39, 0.29) is 5.91 Å². The van der Waals surface area contributed by atoms with Gasteiger partial charge in [0.1, 0.15) is 0 Å². The van der Waals surface area contributed by atoms with E-state index < -0.39 is 4.29 Å². The number of anilines is 1. The van der Waals surface area contributed by atoms with Gasteiger partial charge in [-0.3, -0.25) is 4.79 Å². The molecule has 0 radical (unpaired) electrons. The van der Waals surface area contributed by atoms with Gasteiger partial charge in [0, 0.05) is 10.7 Å². The van der Waals surface area contributed by atoms with Gasteiger partial charge in [-0.25, -0.2) is 0 Å². The van der Waals surface area contributed by atoms with E-state index in [1.54, 1.807) is 24.3 Å². The maximum Gasteiger partial charge on any atom is 0.253 e. The summed E-state index contributed by atoms with van der Waals surface area (Å²) in [5, 5.41) is 3.22. The molecule has 5 heteroatoms. The predicted octanol–water partition coefficient (Wildman–Crippen LogP) is 3.24. The smallest absolute Gasteiger partial charge is 0.253 e. The molecule has 0 aliphatic carbocycles. The first kappa shape index (κ1) is 10.8. The van der Waals surface area contributed by atoms with Gasteiger partial charge >= 0.3 is 0 Å². The molecule has 0 aromatic heterocycles. The molecule has 1 aromatic carbocycles. The number of hydrogen-bond donors (Lipinski definition) is 1. The monoisotopic (exact) mass is 281 g/mol. The number of rotatable bonds is 2. The highest BCUT2D eigenvalue weighted by molar-refractivity contribution is 9.10. The highest BCUT2D eigenvalue weighted by atomic mass is 79.9. The van der Waals surface area contributed by atoms with Crippen molar-refractivity contribution >= 4 is 50.7 Å². The summed E-state index contributed by atoms with van der Waals surface area (Å²) in [7, 11) is 0. The minimum Gasteiger partial charge on any atom is -0.324 e. The van der Waals surface area contributed by atoms with Crippen LogP contribution in [0.5, 0.6) is 0 Å². The molecular formula is C8H6BrCl2NO. The Hall–Kier alpha value is -0.250. The van der Waals surface area contributed by atoms with Crippen LogP contribution in [0, 0.1) is 0 Å². The average Bonchev–Trinajstić information content (AvgIpc) is 2.08. The van der Waals surface area contributed by atoms with Gasteiger partial charge in [0.15, 0.2) is 4.29 Å². The Labute approximate surface area is 94.3 Å². The number of carbonyl (C=O) groups excluding carboxylic acids is 1. The Kier molecular flexibility index (Phi) is 4.03. The number of amides is 1. The minimum atomic E-state index is -0.719. The molecule has 2 nitrogen and oxygen atoms in total. The Morgan fingerprint density at radius 1 is 1.38 bits per heavy atom. The Bertz CT molecular complexity index is 300. The van der Waals surface area contributed by atoms with Gasteiger partial charge in [0.25, 0.3) is 5.91 Å². The summed E-state index contributed by atoms with van der Waals surface area (Å²) >= 11 is 14.1. The first-order valence-corrected chi connectivity index (χ1v) is 5.17. The summed E-state index contributed by atoms with van der Waals surface area (Å²) in [5.74, 6) is -0.302. The third-order valence-corrected chi connectivity index (χ3v) is 2.18. The van der Waals surface area contributed by atoms with Crippen LogP contribution in [0.2, 0.25) is 5.02 Å². The number of halogens is 3. The van der Waals surface area contributed by atoms with Crippen LogP contribution >= 0.6 is 39.1 Å². The zero-order valence-electron chi connectivity index (χ0n) is 6.43. The van der Waals surface area contributed by atoms with E-state index in [1.807, 2.05) is 0 Å². The van der Waals surface area contributed by atoms with Crippen LogP contribution in [0.25, 0.3) is 0 Å². The van der Waals surface area contributed by atoms with Gasteiger partial charge in [0.2, 0.25) is 0 Å². The van der Waals surface area contributed by atoms with E-state index in [2.05, 4.69) is 21.2 Å². The standard InChI is InChI=1S/C8H6BrCl2NO/c9-7(11)8(13)12-6-3-1-5(10)2-4-6/h1-4,7H,(H,12,13). The van der Waals surface area contributed by atoms with Crippen LogP contribution in [0.15, 0.2) is 24.3 Å². The molecule has 70 valence electrons. The Morgan fingerprint density at radius 2 is 1.92 bits per heavy atom. The Morgan fingerprint density at radius 3 is 2.38 bits per heavy atom. The molecule has 1 aromatic rings. The fourth-order valence-corrected chi connectivity index (χ4v) is 1.03. The molecule has 1 amide bonds. The van der Waals surface area contributed by atoms with Gasteiger partial charge < -0.3 is 5.32 Å². The highest BCUT2D eigenvalue weighted by Gasteiger charge is 2.10. The molecule has 0 saturated heterocycles. The fraction of sp³-hybridized carbons (Fsp3) is 0.125. The van der Waals surface area contributed by atoms with E-state index in [1.165, 1.54) is 0 Å². The molecule has 1 rings (SSSR count). The van der Waals surface area contributed by atoms with Crippen molar-refractivity contribution in [2.75, 3.05) is 5.32 Å². The summed E-state index contributed by atoms with van der Waals surface area (Å²) in [6.45, 7) is 0. The van der Waals surface area contributed by atoms with Gasteiger partial charge in [-0.15, -0.1) is 0 Å². The molecule has 0 saturated carbocycles. The number of carbonyl (C=O) groups is 1. The zero-order chi connectivity index (χ0) is 9.84. The predicted molar refractivity (Wildman–Crippen MR) is 58.6 cm³/mol.